The molecule has 6 heteroatoms. The molecule has 1 aromatic heterocycles. The van der Waals surface area contributed by atoms with Crippen molar-refractivity contribution in [2.75, 3.05) is 10.6 Å². The zero-order valence-electron chi connectivity index (χ0n) is 25.6. The van der Waals surface area contributed by atoms with Crippen LogP contribution in [0, 0.1) is 19.8 Å². The van der Waals surface area contributed by atoms with Crippen molar-refractivity contribution in [1.82, 2.24) is 9.97 Å². The van der Waals surface area contributed by atoms with Gasteiger partial charge in [0.1, 0.15) is 5.82 Å². The number of carbonyl (C=O) groups excluding carboxylic acids is 1. The molecule has 1 heterocycles. The van der Waals surface area contributed by atoms with Crippen LogP contribution in [0.25, 0.3) is 22.0 Å². The minimum absolute atomic E-state index is 0.267. The Morgan fingerprint density at radius 3 is 2.39 bits per heavy atom. The van der Waals surface area contributed by atoms with E-state index in [0.717, 1.165) is 40.6 Å². The third kappa shape index (κ3) is 6.59. The maximum Gasteiger partial charge on any atom is 0.317 e. The van der Waals surface area contributed by atoms with E-state index in [1.54, 1.807) is 0 Å². The van der Waals surface area contributed by atoms with E-state index >= 15 is 0 Å². The molecule has 0 spiro atoms. The molecule has 3 aromatic rings. The van der Waals surface area contributed by atoms with Gasteiger partial charge in [-0.3, -0.25) is 5.32 Å². The lowest BCUT2D eigenvalue weighted by Crippen LogP contribution is -2.21. The van der Waals surface area contributed by atoms with Crippen LogP contribution in [-0.2, 0) is 0 Å². The van der Waals surface area contributed by atoms with Crippen LogP contribution in [0.15, 0.2) is 77.1 Å². The topological polar surface area (TPSA) is 92.9 Å². The fraction of sp³-hybridized carbons (Fsp3) is 0.343. The summed E-state index contributed by atoms with van der Waals surface area (Å²) in [5.74, 6) is 1.37. The van der Waals surface area contributed by atoms with Gasteiger partial charge >= 0.3 is 6.03 Å². The number of para-hydroxylation sites is 1. The number of amides is 2. The summed E-state index contributed by atoms with van der Waals surface area (Å²) in [7, 11) is 0. The SMILES string of the molecule is CC/C(C)=C\C(C)c1cc(C)c(-c2cccc3c(NC(N)=O)nc(NC4=CC(C)/C(=C(\C)CC)C=C4)nc23)c(C)c1. The molecule has 2 amide bonds. The van der Waals surface area contributed by atoms with Gasteiger partial charge < -0.3 is 11.1 Å². The smallest absolute Gasteiger partial charge is 0.317 e. The van der Waals surface area contributed by atoms with Crippen molar-refractivity contribution in [3.63, 3.8) is 0 Å². The maximum atomic E-state index is 11.9. The lowest BCUT2D eigenvalue weighted by molar-refractivity contribution is 0.259. The molecule has 1 aliphatic rings. The number of anilines is 2. The molecule has 0 aliphatic heterocycles. The molecule has 1 aliphatic carbocycles. The van der Waals surface area contributed by atoms with Crippen molar-refractivity contribution in [1.29, 1.82) is 0 Å². The van der Waals surface area contributed by atoms with Gasteiger partial charge in [-0.25, -0.2) is 9.78 Å². The number of nitrogens with zero attached hydrogens (tertiary/aromatic N) is 2. The number of aryl methyl sites for hydroxylation is 2. The van der Waals surface area contributed by atoms with Gasteiger partial charge in [0, 0.05) is 22.6 Å². The van der Waals surface area contributed by atoms with Crippen molar-refractivity contribution in [3.05, 3.63) is 93.7 Å². The van der Waals surface area contributed by atoms with E-state index < -0.39 is 6.03 Å². The molecule has 2 atom stereocenters. The lowest BCUT2D eigenvalue weighted by atomic mass is 9.88. The monoisotopic (exact) mass is 549 g/mol. The molecule has 4 rings (SSSR count). The van der Waals surface area contributed by atoms with Crippen molar-refractivity contribution < 1.29 is 4.79 Å². The van der Waals surface area contributed by atoms with Gasteiger partial charge in [0.05, 0.1) is 5.52 Å². The molecular formula is C35H43N5O. The minimum atomic E-state index is -0.669. The Morgan fingerprint density at radius 1 is 1.07 bits per heavy atom. The molecule has 6 nitrogen and oxygen atoms in total. The quantitative estimate of drug-likeness (QED) is 0.244. The zero-order chi connectivity index (χ0) is 29.8. The van der Waals surface area contributed by atoms with Crippen molar-refractivity contribution in [2.45, 2.75) is 74.1 Å². The molecule has 214 valence electrons. The second kappa shape index (κ2) is 12.5. The standard InChI is InChI=1S/C35H43N5O/c1-9-20(3)16-22(5)26-17-24(7)31(25(8)18-26)29-12-11-13-30-32(29)38-35(40-33(30)39-34(36)41)37-27-14-15-28(21(4)10-2)23(6)19-27/h11-19,22-23H,9-10H2,1-8H3,(H4,36,37,38,39,40,41)/b20-16-,28-21+. The number of carbonyl (C=O) groups is 1. The first-order valence-corrected chi connectivity index (χ1v) is 14.5. The lowest BCUT2D eigenvalue weighted by Gasteiger charge is -2.20. The molecule has 0 fully saturated rings. The molecule has 4 N–H and O–H groups in total. The van der Waals surface area contributed by atoms with Gasteiger partial charge in [-0.05, 0) is 86.4 Å². The van der Waals surface area contributed by atoms with Crippen LogP contribution >= 0.6 is 0 Å². The number of hydrogen-bond acceptors (Lipinski definition) is 4. The highest BCUT2D eigenvalue weighted by Crippen LogP contribution is 2.37. The molecular weight excluding hydrogens is 506 g/mol. The first kappa shape index (κ1) is 29.8. The van der Waals surface area contributed by atoms with E-state index in [1.165, 1.54) is 33.4 Å². The summed E-state index contributed by atoms with van der Waals surface area (Å²) in [6, 6.07) is 9.85. The van der Waals surface area contributed by atoms with Crippen molar-refractivity contribution in [3.8, 4) is 11.1 Å². The van der Waals surface area contributed by atoms with E-state index in [1.807, 2.05) is 12.1 Å². The summed E-state index contributed by atoms with van der Waals surface area (Å²) >= 11 is 0. The number of allylic oxidation sites excluding steroid dienone is 7. The normalized spacial score (nSPS) is 17.3. The molecule has 2 unspecified atom stereocenters. The fourth-order valence-corrected chi connectivity index (χ4v) is 5.64. The summed E-state index contributed by atoms with van der Waals surface area (Å²) in [6.45, 7) is 17.5. The number of rotatable bonds is 8. The van der Waals surface area contributed by atoms with Crippen molar-refractivity contribution in [2.24, 2.45) is 11.7 Å². The maximum absolute atomic E-state index is 11.9. The van der Waals surface area contributed by atoms with Gasteiger partial charge in [0.15, 0.2) is 0 Å². The molecule has 0 saturated heterocycles. The van der Waals surface area contributed by atoms with Gasteiger partial charge in [0.2, 0.25) is 5.95 Å². The van der Waals surface area contributed by atoms with E-state index in [2.05, 4.69) is 114 Å². The number of aromatic nitrogens is 2. The van der Waals surface area contributed by atoms with Crippen LogP contribution in [0.3, 0.4) is 0 Å². The highest BCUT2D eigenvalue weighted by atomic mass is 16.2. The number of urea groups is 1. The predicted octanol–water partition coefficient (Wildman–Crippen LogP) is 9.09. The van der Waals surface area contributed by atoms with Crippen LogP contribution < -0.4 is 16.4 Å². The first-order valence-electron chi connectivity index (χ1n) is 14.5. The number of primary amides is 1. The second-order valence-electron chi connectivity index (χ2n) is 11.2. The Balaban J connectivity index is 1.83. The van der Waals surface area contributed by atoms with Gasteiger partial charge in [-0.2, -0.15) is 4.98 Å². The Bertz CT molecular complexity index is 1590. The Labute approximate surface area is 244 Å². The average molecular weight is 550 g/mol. The van der Waals surface area contributed by atoms with Gasteiger partial charge in [-0.15, -0.1) is 0 Å². The number of benzene rings is 2. The second-order valence-corrected chi connectivity index (χ2v) is 11.2. The number of nitrogens with two attached hydrogens (primary N) is 1. The van der Waals surface area contributed by atoms with E-state index in [4.69, 9.17) is 10.7 Å². The van der Waals surface area contributed by atoms with Crippen molar-refractivity contribution >= 4 is 28.7 Å². The van der Waals surface area contributed by atoms with E-state index in [-0.39, 0.29) is 5.92 Å². The largest absolute Gasteiger partial charge is 0.351 e. The summed E-state index contributed by atoms with van der Waals surface area (Å²) in [5.41, 5.74) is 17.1. The van der Waals surface area contributed by atoms with E-state index in [0.29, 0.717) is 17.7 Å². The van der Waals surface area contributed by atoms with Crippen LogP contribution in [0.1, 0.15) is 77.0 Å². The van der Waals surface area contributed by atoms with Crippen LogP contribution in [0.2, 0.25) is 0 Å². The Morgan fingerprint density at radius 2 is 1.78 bits per heavy atom. The predicted molar refractivity (Wildman–Crippen MR) is 173 cm³/mol. The molecule has 0 radical (unpaired) electrons. The van der Waals surface area contributed by atoms with Crippen LogP contribution in [0.5, 0.6) is 0 Å². The summed E-state index contributed by atoms with van der Waals surface area (Å²) in [4.78, 5) is 21.6. The first-order chi connectivity index (χ1) is 19.5. The third-order valence-corrected chi connectivity index (χ3v) is 8.05. The van der Waals surface area contributed by atoms with E-state index in [9.17, 15) is 4.79 Å². The Hall–Kier alpha value is -4.19. The zero-order valence-corrected chi connectivity index (χ0v) is 25.6. The third-order valence-electron chi connectivity index (χ3n) is 8.05. The molecule has 2 aromatic carbocycles. The average Bonchev–Trinajstić information content (AvgIpc) is 2.92. The summed E-state index contributed by atoms with van der Waals surface area (Å²) in [5, 5.41) is 6.83. The highest BCUT2D eigenvalue weighted by molar-refractivity contribution is 6.04. The van der Waals surface area contributed by atoms with Gasteiger partial charge in [-0.1, -0.05) is 81.3 Å². The summed E-state index contributed by atoms with van der Waals surface area (Å²) in [6.07, 6.45) is 10.8. The number of hydrogen-bond donors (Lipinski definition) is 3. The Kier molecular flexibility index (Phi) is 9.11. The fourth-order valence-electron chi connectivity index (χ4n) is 5.64. The number of fused-ring (bicyclic) bond motifs is 1. The van der Waals surface area contributed by atoms with Crippen LogP contribution in [0.4, 0.5) is 16.6 Å². The van der Waals surface area contributed by atoms with Crippen LogP contribution in [-0.4, -0.2) is 16.0 Å². The molecule has 41 heavy (non-hydrogen) atoms. The highest BCUT2D eigenvalue weighted by Gasteiger charge is 2.19. The van der Waals surface area contributed by atoms with Gasteiger partial charge in [0.25, 0.3) is 0 Å². The summed E-state index contributed by atoms with van der Waals surface area (Å²) < 4.78 is 0. The number of nitrogens with one attached hydrogen (secondary N) is 2. The molecule has 0 bridgehead atoms. The minimum Gasteiger partial charge on any atom is -0.351 e. The molecule has 0 saturated carbocycles.